The smallest absolute Gasteiger partial charge is 0.415 e. The van der Waals surface area contributed by atoms with Crippen LogP contribution in [0.4, 0.5) is 31.4 Å². The molecule has 32 nitrogen and oxygen atoms in total. The van der Waals surface area contributed by atoms with Gasteiger partial charge in [-0.25, -0.2) is 19.6 Å². The van der Waals surface area contributed by atoms with E-state index in [1.165, 1.54) is 36.0 Å². The van der Waals surface area contributed by atoms with Gasteiger partial charge in [0.2, 0.25) is 29.5 Å². The molecule has 3 aliphatic heterocycles. The van der Waals surface area contributed by atoms with Crippen molar-refractivity contribution in [3.8, 4) is 11.5 Å². The number of imide groups is 1. The zero-order chi connectivity index (χ0) is 77.4. The maximum atomic E-state index is 14.9. The lowest BCUT2D eigenvalue weighted by Gasteiger charge is -2.69. The van der Waals surface area contributed by atoms with E-state index >= 15 is 0 Å². The highest BCUT2D eigenvalue weighted by atomic mass is 35.5. The van der Waals surface area contributed by atoms with E-state index in [9.17, 15) is 53.2 Å². The Morgan fingerprint density at radius 3 is 1.63 bits per heavy atom. The Morgan fingerprint density at radius 1 is 0.657 bits per heavy atom. The molecule has 586 valence electrons. The summed E-state index contributed by atoms with van der Waals surface area (Å²) in [5.41, 5.74) is 10.6. The van der Waals surface area contributed by atoms with Gasteiger partial charge in [0.1, 0.15) is 18.7 Å². The van der Waals surface area contributed by atoms with Crippen molar-refractivity contribution in [3.63, 3.8) is 0 Å². The van der Waals surface area contributed by atoms with Crippen LogP contribution in [0.2, 0.25) is 0 Å². The van der Waals surface area contributed by atoms with Gasteiger partial charge in [0.05, 0.1) is 119 Å². The van der Waals surface area contributed by atoms with Crippen LogP contribution in [-0.4, -0.2) is 246 Å². The molecule has 34 heteroatoms. The Bertz CT molecular complexity index is 4090. The van der Waals surface area contributed by atoms with E-state index in [4.69, 9.17) is 71.7 Å². The van der Waals surface area contributed by atoms with Gasteiger partial charge in [-0.05, 0) is 91.8 Å². The number of alkyl halides is 2. The van der Waals surface area contributed by atoms with Crippen molar-refractivity contribution in [1.29, 1.82) is 0 Å². The molecule has 5 heterocycles. The molecule has 3 saturated carbocycles. The molecule has 3 fully saturated rings. The van der Waals surface area contributed by atoms with Crippen LogP contribution in [0.25, 0.3) is 21.8 Å². The molecule has 0 radical (unpaired) electrons. The largest absolute Gasteiger partial charge is 0.445 e. The lowest BCUT2D eigenvalue weighted by Crippen LogP contribution is -2.73. The van der Waals surface area contributed by atoms with Crippen molar-refractivity contribution >= 4 is 122 Å². The predicted octanol–water partition coefficient (Wildman–Crippen LogP) is 6.45. The third kappa shape index (κ3) is 19.1. The lowest BCUT2D eigenvalue weighted by atomic mass is 9.34. The molecule has 2 bridgehead atoms. The zero-order valence-electron chi connectivity index (χ0n) is 61.5. The molecular weight excluding hydrogens is 1450 g/mol. The first-order valence-electron chi connectivity index (χ1n) is 36.1. The molecule has 0 saturated heterocycles. The molecule has 6 aliphatic rings. The number of nitrogens with two attached hydrogens (primary N) is 1. The molecule has 2 aromatic heterocycles. The van der Waals surface area contributed by atoms with Crippen LogP contribution in [0.15, 0.2) is 60.9 Å². The molecule has 0 spiro atoms. The second kappa shape index (κ2) is 37.3. The zero-order valence-corrected chi connectivity index (χ0v) is 63.0. The van der Waals surface area contributed by atoms with E-state index in [-0.39, 0.29) is 143 Å². The van der Waals surface area contributed by atoms with Gasteiger partial charge in [0.15, 0.2) is 11.5 Å². The molecule has 108 heavy (non-hydrogen) atoms. The predicted molar refractivity (Wildman–Crippen MR) is 397 cm³/mol. The topological polar surface area (TPSA) is 396 Å². The summed E-state index contributed by atoms with van der Waals surface area (Å²) in [5.74, 6) is -2.46. The minimum atomic E-state index is -1.10. The highest BCUT2D eigenvalue weighted by Gasteiger charge is 2.76. The summed E-state index contributed by atoms with van der Waals surface area (Å²) in [5, 5.41) is 22.3. The molecule has 4 unspecified atom stereocenters. The molecule has 4 atom stereocenters. The summed E-state index contributed by atoms with van der Waals surface area (Å²) in [6, 6.07) is 6.96. The number of benzene rings is 3. The van der Waals surface area contributed by atoms with E-state index < -0.39 is 58.9 Å². The number of nitrogens with zero attached hydrogens (tertiary/aromatic N) is 5. The fourth-order valence-electron chi connectivity index (χ4n) is 14.5. The summed E-state index contributed by atoms with van der Waals surface area (Å²) < 4.78 is 44.6. The van der Waals surface area contributed by atoms with Crippen molar-refractivity contribution in [1.82, 2.24) is 40.6 Å². The SMILES string of the molecule is Cc1c[nH]c2c(OO)cc3c(c12)C(CCl)CN3C(=O)C12CC(C(=O)N3CC(CCl)c4c3cc(OC(=O)N(C)CCN(C)C(=O)OCc3ccc(NC(=O)C(CCCNC(N)=O)NC(=O)C(NC(=O)CCOCCOCCOCCOCCOCCOCCN5C(=O)C=CC5=O)C(C)C)cc3)c3[nH]cc(C)c43)(C1)C2. The minimum Gasteiger partial charge on any atom is -0.445 e. The summed E-state index contributed by atoms with van der Waals surface area (Å²) in [7, 11) is 3.05. The standard InChI is InChI=1S/C74H96Cl2N12O20/c1-44(2)63(83-56(89)15-20-100-22-24-102-26-28-104-30-31-105-29-27-103-25-23-101-21-19-86-57(90)13-14-58(86)91)67(93)82-51(8-7-16-78-70(77)96)66(92)81-50-11-9-47(10-12-50)40-106-71(97)84(5)17-18-85(6)72(98)107-54-32-52-61(59-45(3)36-79-64(54)59)48(34-75)38-87(52)68(94)73-41-74(42-73,43-73)69(95)88-39-49(35-76)62-53(88)33-55(108-99)65-60(62)46(4)37-80-65/h9-14,32-33,36-37,44,48-49,51,63,79-80,99H,7-8,15-31,34-35,38-43H2,1-6H3,(H,81,92)(H,82,93)(H,83,89)(H3,77,78,96). The van der Waals surface area contributed by atoms with E-state index in [0.717, 1.165) is 37.9 Å². The van der Waals surface area contributed by atoms with Crippen LogP contribution in [0.1, 0.15) is 92.0 Å². The first-order valence-corrected chi connectivity index (χ1v) is 37.2. The lowest BCUT2D eigenvalue weighted by molar-refractivity contribution is -0.205. The first kappa shape index (κ1) is 81.4. The number of nitrogens with one attached hydrogen (secondary N) is 6. The Morgan fingerprint density at radius 2 is 1.14 bits per heavy atom. The summed E-state index contributed by atoms with van der Waals surface area (Å²) in [6.45, 7) is 11.7. The quantitative estimate of drug-likeness (QED) is 0.00683. The van der Waals surface area contributed by atoms with Gasteiger partial charge in [-0.2, -0.15) is 0 Å². The average molecular weight is 1540 g/mol. The molecular formula is C74H96Cl2N12O20. The van der Waals surface area contributed by atoms with Gasteiger partial charge in [0.25, 0.3) is 11.8 Å². The van der Waals surface area contributed by atoms with Crippen LogP contribution >= 0.6 is 23.2 Å². The number of aryl methyl sites for hydroxylation is 2. The molecule has 3 aliphatic carbocycles. The number of hydrogen-bond donors (Lipinski definition) is 8. The molecule has 11 amide bonds. The fourth-order valence-corrected chi connectivity index (χ4v) is 15.0. The fraction of sp³-hybridized carbons (Fsp3) is 0.541. The highest BCUT2D eigenvalue weighted by Crippen LogP contribution is 2.75. The van der Waals surface area contributed by atoms with Crippen molar-refractivity contribution in [3.05, 3.63) is 88.8 Å². The molecule has 9 N–H and O–H groups in total. The number of aromatic amines is 2. The maximum Gasteiger partial charge on any atom is 0.415 e. The number of H-pyrrole nitrogens is 2. The van der Waals surface area contributed by atoms with Gasteiger partial charge >= 0.3 is 18.2 Å². The normalized spacial score (nSPS) is 18.7. The number of aromatic nitrogens is 2. The van der Waals surface area contributed by atoms with E-state index in [1.54, 1.807) is 66.2 Å². The number of carbonyl (C=O) groups excluding carboxylic acids is 10. The van der Waals surface area contributed by atoms with Crippen LogP contribution < -0.4 is 46.4 Å². The average Bonchev–Trinajstić information content (AvgIpc) is 1.04. The van der Waals surface area contributed by atoms with E-state index in [0.29, 0.717) is 119 Å². The Kier molecular flexibility index (Phi) is 28.1. The van der Waals surface area contributed by atoms with Gasteiger partial charge in [0, 0.05) is 130 Å². The van der Waals surface area contributed by atoms with Crippen molar-refractivity contribution in [2.24, 2.45) is 22.5 Å². The first-order chi connectivity index (χ1) is 51.9. The number of halogens is 2. The number of rotatable bonds is 42. The van der Waals surface area contributed by atoms with Gasteiger partial charge in [-0.3, -0.25) is 38.5 Å². The number of fused-ring (bicyclic) bond motifs is 6. The number of primary amides is 1. The van der Waals surface area contributed by atoms with Crippen LogP contribution in [-0.2, 0) is 73.3 Å². The van der Waals surface area contributed by atoms with Gasteiger partial charge in [-0.15, -0.1) is 23.2 Å². The van der Waals surface area contributed by atoms with Crippen LogP contribution in [0.5, 0.6) is 11.5 Å². The van der Waals surface area contributed by atoms with Crippen molar-refractivity contribution < 1.29 is 96.0 Å². The Hall–Kier alpha value is -9.12. The van der Waals surface area contributed by atoms with Crippen LogP contribution in [0.3, 0.4) is 0 Å². The molecule has 5 aromatic rings. The number of anilines is 3. The third-order valence-corrected chi connectivity index (χ3v) is 20.9. The maximum absolute atomic E-state index is 14.9. The van der Waals surface area contributed by atoms with E-state index in [1.807, 2.05) is 20.0 Å². The number of hydrogen-bond acceptors (Lipinski definition) is 20. The second-order valence-corrected chi connectivity index (χ2v) is 28.7. The highest BCUT2D eigenvalue weighted by molar-refractivity contribution is 6.20. The third-order valence-electron chi connectivity index (χ3n) is 20.1. The molecule has 11 rings (SSSR count). The number of ether oxygens (including phenoxy) is 8. The second-order valence-electron chi connectivity index (χ2n) is 28.1. The number of carbonyl (C=O) groups is 10. The monoisotopic (exact) mass is 1540 g/mol. The van der Waals surface area contributed by atoms with Crippen molar-refractivity contribution in [2.75, 3.05) is 160 Å². The van der Waals surface area contributed by atoms with E-state index in [2.05, 4.69) is 31.2 Å². The minimum absolute atomic E-state index is 0.0419. The van der Waals surface area contributed by atoms with Crippen molar-refractivity contribution in [2.45, 2.75) is 96.7 Å². The number of likely N-dealkylation sites (N-methyl/N-ethyl adjacent to an activating group) is 2. The van der Waals surface area contributed by atoms with Crippen LogP contribution in [0, 0.1) is 30.6 Å². The Labute approximate surface area is 634 Å². The Balaban J connectivity index is 0.623. The van der Waals surface area contributed by atoms with Gasteiger partial charge < -0.3 is 99.4 Å². The summed E-state index contributed by atoms with van der Waals surface area (Å²) in [6.07, 6.45) is 6.04. The number of amides is 11. The number of urea groups is 1. The summed E-state index contributed by atoms with van der Waals surface area (Å²) >= 11 is 13.2. The summed E-state index contributed by atoms with van der Waals surface area (Å²) in [4.78, 5) is 150. The molecule has 3 aromatic carbocycles. The van der Waals surface area contributed by atoms with Gasteiger partial charge in [-0.1, -0.05) is 26.0 Å².